The quantitative estimate of drug-likeness (QED) is 0.759. The van der Waals surface area contributed by atoms with Gasteiger partial charge in [-0.3, -0.25) is 0 Å². The number of hydrogen-bond donors (Lipinski definition) is 1. The highest BCUT2D eigenvalue weighted by molar-refractivity contribution is 4.86. The summed E-state index contributed by atoms with van der Waals surface area (Å²) < 4.78 is 30.0. The third kappa shape index (κ3) is 5.19. The van der Waals surface area contributed by atoms with Crippen molar-refractivity contribution in [2.45, 2.75) is 65.0 Å². The highest BCUT2D eigenvalue weighted by atomic mass is 19.3. The van der Waals surface area contributed by atoms with E-state index in [1.807, 2.05) is 0 Å². The third-order valence-corrected chi connectivity index (χ3v) is 3.87. The smallest absolute Gasteiger partial charge is 0.261 e. The van der Waals surface area contributed by atoms with Gasteiger partial charge < -0.3 is 10.1 Å². The van der Waals surface area contributed by atoms with Crippen LogP contribution in [0.2, 0.25) is 0 Å². The van der Waals surface area contributed by atoms with Crippen LogP contribution in [-0.2, 0) is 4.74 Å². The Morgan fingerprint density at radius 3 is 2.56 bits per heavy atom. The second-order valence-electron chi connectivity index (χ2n) is 5.64. The van der Waals surface area contributed by atoms with E-state index in [9.17, 15) is 8.78 Å². The van der Waals surface area contributed by atoms with E-state index in [4.69, 9.17) is 4.74 Å². The van der Waals surface area contributed by atoms with Crippen LogP contribution < -0.4 is 5.32 Å². The van der Waals surface area contributed by atoms with Crippen molar-refractivity contribution in [3.05, 3.63) is 0 Å². The zero-order chi connectivity index (χ0) is 13.5. The molecule has 0 aromatic heterocycles. The Hall–Kier alpha value is -0.220. The van der Waals surface area contributed by atoms with Crippen molar-refractivity contribution in [1.29, 1.82) is 0 Å². The van der Waals surface area contributed by atoms with E-state index in [2.05, 4.69) is 26.1 Å². The van der Waals surface area contributed by atoms with Gasteiger partial charge in [0.15, 0.2) is 0 Å². The molecule has 0 aromatic carbocycles. The second-order valence-corrected chi connectivity index (χ2v) is 5.64. The number of halogens is 2. The average Bonchev–Trinajstić information content (AvgIpc) is 2.33. The summed E-state index contributed by atoms with van der Waals surface area (Å²) in [6, 6.07) is 0.249. The molecule has 2 nitrogen and oxygen atoms in total. The number of ether oxygens (including phenoxy) is 1. The topological polar surface area (TPSA) is 21.3 Å². The fourth-order valence-corrected chi connectivity index (χ4v) is 2.71. The minimum atomic E-state index is -2.36. The molecule has 0 heterocycles. The van der Waals surface area contributed by atoms with Gasteiger partial charge in [0.25, 0.3) is 6.43 Å². The predicted octanol–water partition coefficient (Wildman–Crippen LogP) is 3.46. The monoisotopic (exact) mass is 263 g/mol. The maximum absolute atomic E-state index is 12.3. The number of rotatable bonds is 7. The second kappa shape index (κ2) is 8.05. The molecule has 1 saturated carbocycles. The van der Waals surface area contributed by atoms with Gasteiger partial charge in [-0.25, -0.2) is 8.78 Å². The van der Waals surface area contributed by atoms with Gasteiger partial charge in [0, 0.05) is 6.04 Å². The first-order valence-corrected chi connectivity index (χ1v) is 7.17. The van der Waals surface area contributed by atoms with Crippen LogP contribution in [-0.4, -0.2) is 31.7 Å². The van der Waals surface area contributed by atoms with Gasteiger partial charge in [-0.1, -0.05) is 20.8 Å². The van der Waals surface area contributed by atoms with E-state index in [-0.39, 0.29) is 12.1 Å². The molecule has 18 heavy (non-hydrogen) atoms. The molecule has 0 amide bonds. The van der Waals surface area contributed by atoms with E-state index < -0.39 is 13.0 Å². The van der Waals surface area contributed by atoms with Gasteiger partial charge in [0.05, 0.1) is 6.10 Å². The van der Waals surface area contributed by atoms with E-state index in [1.54, 1.807) is 0 Å². The van der Waals surface area contributed by atoms with Crippen molar-refractivity contribution in [3.63, 3.8) is 0 Å². The van der Waals surface area contributed by atoms with Crippen LogP contribution in [0.1, 0.15) is 46.5 Å². The molecule has 3 atom stereocenters. The van der Waals surface area contributed by atoms with E-state index in [1.165, 1.54) is 6.42 Å². The van der Waals surface area contributed by atoms with Gasteiger partial charge in [-0.2, -0.15) is 0 Å². The van der Waals surface area contributed by atoms with Crippen LogP contribution in [0.4, 0.5) is 8.78 Å². The first-order chi connectivity index (χ1) is 8.54. The van der Waals surface area contributed by atoms with Crippen LogP contribution in [0.25, 0.3) is 0 Å². The maximum Gasteiger partial charge on any atom is 0.261 e. The van der Waals surface area contributed by atoms with Gasteiger partial charge in [0.2, 0.25) is 0 Å². The lowest BCUT2D eigenvalue weighted by Gasteiger charge is -2.38. The molecule has 0 saturated heterocycles. The van der Waals surface area contributed by atoms with Crippen molar-refractivity contribution in [2.24, 2.45) is 11.8 Å². The molecule has 108 valence electrons. The summed E-state index contributed by atoms with van der Waals surface area (Å²) in [5.41, 5.74) is 0. The number of alkyl halides is 2. The summed E-state index contributed by atoms with van der Waals surface area (Å²) in [6.45, 7) is 7.02. The Morgan fingerprint density at radius 2 is 2.00 bits per heavy atom. The predicted molar refractivity (Wildman–Crippen MR) is 70.0 cm³/mol. The van der Waals surface area contributed by atoms with E-state index in [0.717, 1.165) is 25.8 Å². The lowest BCUT2D eigenvalue weighted by molar-refractivity contribution is -0.0618. The molecule has 1 rings (SSSR count). The summed E-state index contributed by atoms with van der Waals surface area (Å²) in [4.78, 5) is 0. The lowest BCUT2D eigenvalue weighted by atomic mass is 9.78. The first-order valence-electron chi connectivity index (χ1n) is 7.17. The van der Waals surface area contributed by atoms with Crippen LogP contribution in [0, 0.1) is 11.8 Å². The third-order valence-electron chi connectivity index (χ3n) is 3.87. The van der Waals surface area contributed by atoms with Crippen LogP contribution in [0.15, 0.2) is 0 Å². The molecule has 1 aliphatic carbocycles. The highest BCUT2D eigenvalue weighted by Gasteiger charge is 2.32. The van der Waals surface area contributed by atoms with Crippen molar-refractivity contribution < 1.29 is 13.5 Å². The molecule has 0 aliphatic heterocycles. The zero-order valence-electron chi connectivity index (χ0n) is 11.8. The Labute approximate surface area is 109 Å². The van der Waals surface area contributed by atoms with E-state index in [0.29, 0.717) is 11.8 Å². The summed E-state index contributed by atoms with van der Waals surface area (Å²) >= 11 is 0. The normalized spacial score (nSPS) is 29.2. The molecular weight excluding hydrogens is 236 g/mol. The largest absolute Gasteiger partial charge is 0.371 e. The summed E-state index contributed by atoms with van der Waals surface area (Å²) in [5.74, 6) is 1.21. The zero-order valence-corrected chi connectivity index (χ0v) is 11.8. The standard InChI is InChI=1S/C14H27F2NO/c1-4-7-17-12-6-5-11(10(2)3)8-13(12)18-9-14(15)16/h10-14,17H,4-9H2,1-3H3. The van der Waals surface area contributed by atoms with Crippen molar-refractivity contribution in [2.75, 3.05) is 13.2 Å². The Kier molecular flexibility index (Phi) is 7.08. The molecule has 0 aromatic rings. The van der Waals surface area contributed by atoms with E-state index >= 15 is 0 Å². The van der Waals surface area contributed by atoms with Crippen LogP contribution >= 0.6 is 0 Å². The molecule has 1 fully saturated rings. The molecule has 1 aliphatic rings. The van der Waals surface area contributed by atoms with Gasteiger partial charge in [-0.05, 0) is 44.1 Å². The van der Waals surface area contributed by atoms with Crippen LogP contribution in [0.3, 0.4) is 0 Å². The average molecular weight is 263 g/mol. The molecule has 4 heteroatoms. The number of hydrogen-bond acceptors (Lipinski definition) is 2. The minimum Gasteiger partial charge on any atom is -0.371 e. The van der Waals surface area contributed by atoms with Gasteiger partial charge in [-0.15, -0.1) is 0 Å². The maximum atomic E-state index is 12.3. The first kappa shape index (κ1) is 15.8. The van der Waals surface area contributed by atoms with Gasteiger partial charge >= 0.3 is 0 Å². The molecule has 0 spiro atoms. The molecule has 1 N–H and O–H groups in total. The van der Waals surface area contributed by atoms with Crippen molar-refractivity contribution in [3.8, 4) is 0 Å². The van der Waals surface area contributed by atoms with Crippen molar-refractivity contribution in [1.82, 2.24) is 5.32 Å². The Bertz CT molecular complexity index is 224. The highest BCUT2D eigenvalue weighted by Crippen LogP contribution is 2.32. The molecule has 3 unspecified atom stereocenters. The Balaban J connectivity index is 2.49. The SMILES string of the molecule is CCCNC1CCC(C(C)C)CC1OCC(F)F. The molecule has 0 radical (unpaired) electrons. The van der Waals surface area contributed by atoms with Crippen LogP contribution in [0.5, 0.6) is 0 Å². The summed E-state index contributed by atoms with van der Waals surface area (Å²) in [7, 11) is 0. The van der Waals surface area contributed by atoms with Crippen molar-refractivity contribution >= 4 is 0 Å². The minimum absolute atomic E-state index is 0.0494. The van der Waals surface area contributed by atoms with Gasteiger partial charge in [0.1, 0.15) is 6.61 Å². The molecule has 0 bridgehead atoms. The Morgan fingerprint density at radius 1 is 1.28 bits per heavy atom. The molecular formula is C14H27F2NO. The fraction of sp³-hybridized carbons (Fsp3) is 1.00. The number of nitrogens with one attached hydrogen (secondary N) is 1. The lowest BCUT2D eigenvalue weighted by Crippen LogP contribution is -2.47. The fourth-order valence-electron chi connectivity index (χ4n) is 2.71. The summed E-state index contributed by atoms with van der Waals surface area (Å²) in [5, 5.41) is 3.43. The summed E-state index contributed by atoms with van der Waals surface area (Å²) in [6.07, 6.45) is 1.77.